The lowest BCUT2D eigenvalue weighted by atomic mass is 9.81. The van der Waals surface area contributed by atoms with Gasteiger partial charge in [-0.3, -0.25) is 4.99 Å². The SMILES string of the molecule is C=C(Cl)CNC(=NC)NCC1CCCC(C(F)(F)F)C1. The van der Waals surface area contributed by atoms with Crippen molar-refractivity contribution in [3.63, 3.8) is 0 Å². The van der Waals surface area contributed by atoms with Crippen LogP contribution in [0.1, 0.15) is 25.7 Å². The van der Waals surface area contributed by atoms with Crippen molar-refractivity contribution < 1.29 is 13.2 Å². The quantitative estimate of drug-likeness (QED) is 0.617. The highest BCUT2D eigenvalue weighted by Crippen LogP contribution is 2.39. The van der Waals surface area contributed by atoms with Gasteiger partial charge >= 0.3 is 6.18 Å². The van der Waals surface area contributed by atoms with Crippen molar-refractivity contribution in [3.05, 3.63) is 11.6 Å². The summed E-state index contributed by atoms with van der Waals surface area (Å²) < 4.78 is 38.1. The Balaban J connectivity index is 2.38. The predicted octanol–water partition coefficient (Wildman–Crippen LogP) is 3.27. The first kappa shape index (κ1) is 17.1. The first-order valence-corrected chi connectivity index (χ1v) is 7.05. The van der Waals surface area contributed by atoms with Crippen molar-refractivity contribution in [1.82, 2.24) is 10.6 Å². The predicted molar refractivity (Wildman–Crippen MR) is 75.9 cm³/mol. The van der Waals surface area contributed by atoms with Crippen molar-refractivity contribution in [3.8, 4) is 0 Å². The molecule has 1 aliphatic carbocycles. The normalized spacial score (nSPS) is 24.4. The zero-order valence-electron chi connectivity index (χ0n) is 11.6. The molecule has 2 atom stereocenters. The summed E-state index contributed by atoms with van der Waals surface area (Å²) in [5, 5.41) is 6.42. The molecule has 0 aromatic carbocycles. The van der Waals surface area contributed by atoms with Gasteiger partial charge in [-0.15, -0.1) is 0 Å². The standard InChI is InChI=1S/C13H21ClF3N3/c1-9(14)7-19-12(18-2)20-8-10-4-3-5-11(6-10)13(15,16)17/h10-11H,1,3-8H2,2H3,(H2,18,19,20). The maximum atomic E-state index is 12.7. The fourth-order valence-electron chi connectivity index (χ4n) is 2.41. The Hall–Kier alpha value is -0.910. The molecule has 2 unspecified atom stereocenters. The first-order valence-electron chi connectivity index (χ1n) is 6.67. The third kappa shape index (κ3) is 6.03. The van der Waals surface area contributed by atoms with Crippen LogP contribution in [0.2, 0.25) is 0 Å². The lowest BCUT2D eigenvalue weighted by molar-refractivity contribution is -0.185. The van der Waals surface area contributed by atoms with E-state index in [0.29, 0.717) is 30.5 Å². The van der Waals surface area contributed by atoms with Crippen LogP contribution in [-0.2, 0) is 0 Å². The largest absolute Gasteiger partial charge is 0.391 e. The molecular weight excluding hydrogens is 291 g/mol. The Bertz CT molecular complexity index is 355. The Morgan fingerprint density at radius 2 is 2.05 bits per heavy atom. The van der Waals surface area contributed by atoms with Gasteiger partial charge in [-0.1, -0.05) is 24.6 Å². The van der Waals surface area contributed by atoms with E-state index in [9.17, 15) is 13.2 Å². The van der Waals surface area contributed by atoms with Crippen LogP contribution in [0.25, 0.3) is 0 Å². The minimum absolute atomic E-state index is 0.0214. The number of nitrogens with one attached hydrogen (secondary N) is 2. The molecule has 1 saturated carbocycles. The summed E-state index contributed by atoms with van der Waals surface area (Å²) in [6, 6.07) is 0. The molecule has 1 fully saturated rings. The molecule has 7 heteroatoms. The smallest absolute Gasteiger partial charge is 0.356 e. The van der Waals surface area contributed by atoms with Crippen molar-refractivity contribution in [1.29, 1.82) is 0 Å². The van der Waals surface area contributed by atoms with E-state index in [1.54, 1.807) is 7.05 Å². The van der Waals surface area contributed by atoms with Gasteiger partial charge in [0.05, 0.1) is 12.5 Å². The zero-order chi connectivity index (χ0) is 15.2. The second kappa shape index (κ2) is 7.76. The summed E-state index contributed by atoms with van der Waals surface area (Å²) in [5.41, 5.74) is 0. The Kier molecular flexibility index (Phi) is 6.65. The van der Waals surface area contributed by atoms with Gasteiger partial charge in [0, 0.05) is 18.6 Å². The number of hydrogen-bond donors (Lipinski definition) is 2. The van der Waals surface area contributed by atoms with Gasteiger partial charge in [0.15, 0.2) is 5.96 Å². The van der Waals surface area contributed by atoms with Crippen molar-refractivity contribution in [2.75, 3.05) is 20.1 Å². The molecule has 1 rings (SSSR count). The van der Waals surface area contributed by atoms with E-state index in [4.69, 9.17) is 11.6 Å². The summed E-state index contributed by atoms with van der Waals surface area (Å²) in [5.74, 6) is -0.616. The first-order chi connectivity index (χ1) is 9.32. The lowest BCUT2D eigenvalue weighted by Gasteiger charge is -2.30. The third-order valence-corrected chi connectivity index (χ3v) is 3.61. The van der Waals surface area contributed by atoms with Crippen LogP contribution in [-0.4, -0.2) is 32.3 Å². The number of nitrogens with zero attached hydrogens (tertiary/aromatic N) is 1. The third-order valence-electron chi connectivity index (χ3n) is 3.48. The number of alkyl halides is 3. The van der Waals surface area contributed by atoms with E-state index in [0.717, 1.165) is 6.42 Å². The average molecular weight is 312 g/mol. The van der Waals surface area contributed by atoms with E-state index >= 15 is 0 Å². The maximum absolute atomic E-state index is 12.7. The van der Waals surface area contributed by atoms with E-state index in [1.165, 1.54) is 0 Å². The summed E-state index contributed by atoms with van der Waals surface area (Å²) in [6.07, 6.45) is -2.19. The molecular formula is C13H21ClF3N3. The second-order valence-corrected chi connectivity index (χ2v) is 5.63. The van der Waals surface area contributed by atoms with E-state index in [2.05, 4.69) is 22.2 Å². The minimum Gasteiger partial charge on any atom is -0.356 e. The van der Waals surface area contributed by atoms with Crippen LogP contribution < -0.4 is 10.6 Å². The molecule has 0 aromatic heterocycles. The van der Waals surface area contributed by atoms with Crippen molar-refractivity contribution >= 4 is 17.6 Å². The Morgan fingerprint density at radius 1 is 1.35 bits per heavy atom. The molecule has 0 saturated heterocycles. The van der Waals surface area contributed by atoms with Gasteiger partial charge < -0.3 is 10.6 Å². The molecule has 0 radical (unpaired) electrons. The van der Waals surface area contributed by atoms with Gasteiger partial charge in [-0.25, -0.2) is 0 Å². The zero-order valence-corrected chi connectivity index (χ0v) is 12.3. The van der Waals surface area contributed by atoms with Crippen molar-refractivity contribution in [2.45, 2.75) is 31.9 Å². The summed E-state index contributed by atoms with van der Waals surface area (Å²) >= 11 is 5.63. The molecule has 0 amide bonds. The summed E-state index contributed by atoms with van der Waals surface area (Å²) in [7, 11) is 1.60. The van der Waals surface area contributed by atoms with Gasteiger partial charge in [-0.05, 0) is 25.2 Å². The van der Waals surface area contributed by atoms with Gasteiger partial charge in [0.2, 0.25) is 0 Å². The average Bonchev–Trinajstić information content (AvgIpc) is 2.38. The van der Waals surface area contributed by atoms with E-state index < -0.39 is 12.1 Å². The number of halogens is 4. The summed E-state index contributed by atoms with van der Waals surface area (Å²) in [4.78, 5) is 3.98. The highest BCUT2D eigenvalue weighted by Gasteiger charge is 2.41. The molecule has 0 aromatic rings. The topological polar surface area (TPSA) is 36.4 Å². The minimum atomic E-state index is -4.07. The van der Waals surface area contributed by atoms with Crippen LogP contribution in [0, 0.1) is 11.8 Å². The second-order valence-electron chi connectivity index (χ2n) is 5.10. The molecule has 20 heavy (non-hydrogen) atoms. The molecule has 0 aliphatic heterocycles. The maximum Gasteiger partial charge on any atom is 0.391 e. The summed E-state index contributed by atoms with van der Waals surface area (Å²) in [6.45, 7) is 4.40. The van der Waals surface area contributed by atoms with Crippen LogP contribution in [0.15, 0.2) is 16.6 Å². The number of guanidine groups is 1. The van der Waals surface area contributed by atoms with Crippen LogP contribution in [0.5, 0.6) is 0 Å². The molecule has 0 bridgehead atoms. The fraction of sp³-hybridized carbons (Fsp3) is 0.769. The molecule has 116 valence electrons. The van der Waals surface area contributed by atoms with Gasteiger partial charge in [0.1, 0.15) is 0 Å². The number of hydrogen-bond acceptors (Lipinski definition) is 1. The molecule has 1 aliphatic rings. The molecule has 2 N–H and O–H groups in total. The van der Waals surface area contributed by atoms with E-state index in [-0.39, 0.29) is 18.8 Å². The van der Waals surface area contributed by atoms with Gasteiger partial charge in [0.25, 0.3) is 0 Å². The highest BCUT2D eigenvalue weighted by atomic mass is 35.5. The number of aliphatic imine (C=N–C) groups is 1. The Labute approximate surface area is 122 Å². The lowest BCUT2D eigenvalue weighted by Crippen LogP contribution is -2.41. The Morgan fingerprint density at radius 3 is 2.60 bits per heavy atom. The molecule has 0 spiro atoms. The van der Waals surface area contributed by atoms with Crippen LogP contribution in [0.4, 0.5) is 13.2 Å². The van der Waals surface area contributed by atoms with Crippen LogP contribution >= 0.6 is 11.6 Å². The van der Waals surface area contributed by atoms with Gasteiger partial charge in [-0.2, -0.15) is 13.2 Å². The van der Waals surface area contributed by atoms with E-state index in [1.807, 2.05) is 0 Å². The fourth-order valence-corrected chi connectivity index (χ4v) is 2.48. The number of rotatable bonds is 4. The monoisotopic (exact) mass is 311 g/mol. The highest BCUT2D eigenvalue weighted by molar-refractivity contribution is 6.29. The van der Waals surface area contributed by atoms with Crippen LogP contribution in [0.3, 0.4) is 0 Å². The molecule has 0 heterocycles. The van der Waals surface area contributed by atoms with Crippen molar-refractivity contribution in [2.24, 2.45) is 16.8 Å². The molecule has 3 nitrogen and oxygen atoms in total.